The summed E-state index contributed by atoms with van der Waals surface area (Å²) in [5.74, 6) is 2.19. The molecule has 0 amide bonds. The third kappa shape index (κ3) is 4.51. The van der Waals surface area contributed by atoms with Crippen molar-refractivity contribution in [3.63, 3.8) is 0 Å². The maximum absolute atomic E-state index is 2.38. The fourth-order valence-corrected chi connectivity index (χ4v) is 1.91. The normalized spacial score (nSPS) is 23.5. The van der Waals surface area contributed by atoms with Crippen LogP contribution in [0, 0.1) is 17.8 Å². The molecule has 0 spiro atoms. The first-order chi connectivity index (χ1) is 7.09. The Labute approximate surface area is 94.8 Å². The molecule has 84 valence electrons. The van der Waals surface area contributed by atoms with Crippen molar-refractivity contribution in [3.05, 3.63) is 36.0 Å². The maximum Gasteiger partial charge on any atom is -0.0167 e. The third-order valence-electron chi connectivity index (χ3n) is 3.08. The predicted octanol–water partition coefficient (Wildman–Crippen LogP) is 4.75. The molecule has 0 aromatic carbocycles. The number of rotatable bonds is 4. The Kier molecular flexibility index (Phi) is 4.87. The average Bonchev–Trinajstić information content (AvgIpc) is 2.18. The van der Waals surface area contributed by atoms with E-state index >= 15 is 0 Å². The van der Waals surface area contributed by atoms with Gasteiger partial charge in [-0.15, -0.1) is 0 Å². The van der Waals surface area contributed by atoms with Crippen LogP contribution in [0.15, 0.2) is 36.0 Å². The van der Waals surface area contributed by atoms with Gasteiger partial charge in [0, 0.05) is 0 Å². The van der Waals surface area contributed by atoms with Gasteiger partial charge in [0.15, 0.2) is 0 Å². The minimum absolute atomic E-state index is 0.682. The average molecular weight is 204 g/mol. The molecular weight excluding hydrogens is 180 g/mol. The molecule has 1 rings (SSSR count). The van der Waals surface area contributed by atoms with Gasteiger partial charge in [-0.05, 0) is 37.5 Å². The van der Waals surface area contributed by atoms with Crippen LogP contribution in [0.3, 0.4) is 0 Å². The molecular formula is C15H24. The van der Waals surface area contributed by atoms with E-state index in [4.69, 9.17) is 0 Å². The zero-order valence-corrected chi connectivity index (χ0v) is 10.5. The summed E-state index contributed by atoms with van der Waals surface area (Å²) in [6, 6.07) is 0. The van der Waals surface area contributed by atoms with E-state index in [9.17, 15) is 0 Å². The van der Waals surface area contributed by atoms with Crippen LogP contribution in [0.5, 0.6) is 0 Å². The zero-order chi connectivity index (χ0) is 11.3. The fourth-order valence-electron chi connectivity index (χ4n) is 1.91. The smallest absolute Gasteiger partial charge is 0.0167 e. The molecule has 0 saturated heterocycles. The second-order valence-electron chi connectivity index (χ2n) is 5.09. The van der Waals surface area contributed by atoms with Crippen molar-refractivity contribution in [1.82, 2.24) is 0 Å². The molecule has 0 fully saturated rings. The minimum atomic E-state index is 0.682. The Morgan fingerprint density at radius 3 is 2.67 bits per heavy atom. The van der Waals surface area contributed by atoms with Gasteiger partial charge in [0.2, 0.25) is 0 Å². The zero-order valence-electron chi connectivity index (χ0n) is 10.5. The van der Waals surface area contributed by atoms with Crippen molar-refractivity contribution in [2.45, 2.75) is 40.5 Å². The summed E-state index contributed by atoms with van der Waals surface area (Å²) in [5.41, 5.74) is 1.41. The Bertz CT molecular complexity index is 266. The van der Waals surface area contributed by atoms with Crippen LogP contribution in [0.4, 0.5) is 0 Å². The molecule has 0 aliphatic heterocycles. The molecule has 0 saturated carbocycles. The molecule has 15 heavy (non-hydrogen) atoms. The van der Waals surface area contributed by atoms with Gasteiger partial charge in [-0.1, -0.05) is 56.7 Å². The lowest BCUT2D eigenvalue weighted by atomic mass is 9.84. The number of allylic oxidation sites excluding steroid dienone is 6. The fraction of sp³-hybridized carbons (Fsp3) is 0.600. The molecule has 0 nitrogen and oxygen atoms in total. The van der Waals surface area contributed by atoms with Crippen molar-refractivity contribution in [2.24, 2.45) is 17.8 Å². The van der Waals surface area contributed by atoms with Crippen LogP contribution < -0.4 is 0 Å². The van der Waals surface area contributed by atoms with E-state index in [0.717, 1.165) is 11.8 Å². The lowest BCUT2D eigenvalue weighted by Gasteiger charge is -2.21. The van der Waals surface area contributed by atoms with Gasteiger partial charge < -0.3 is 0 Å². The maximum atomic E-state index is 2.38. The molecule has 2 atom stereocenters. The summed E-state index contributed by atoms with van der Waals surface area (Å²) in [6.07, 6.45) is 14.1. The van der Waals surface area contributed by atoms with Crippen LogP contribution in [-0.2, 0) is 0 Å². The highest BCUT2D eigenvalue weighted by molar-refractivity contribution is 5.21. The lowest BCUT2D eigenvalue weighted by Crippen LogP contribution is -2.09. The first-order valence-electron chi connectivity index (χ1n) is 6.11. The summed E-state index contributed by atoms with van der Waals surface area (Å²) in [5, 5.41) is 0. The standard InChI is InChI=1S/C15H24/c1-12(2)6-5-7-14(4)15-10-8-13(3)9-11-15/h5-6,8-10,12,14-15H,7,11H2,1-4H3/b6-5+/t14-,15+/m0/s1. The van der Waals surface area contributed by atoms with Crippen LogP contribution in [0.1, 0.15) is 40.5 Å². The van der Waals surface area contributed by atoms with E-state index in [0.29, 0.717) is 5.92 Å². The van der Waals surface area contributed by atoms with E-state index in [-0.39, 0.29) is 0 Å². The summed E-state index contributed by atoms with van der Waals surface area (Å²) in [4.78, 5) is 0. The van der Waals surface area contributed by atoms with Gasteiger partial charge >= 0.3 is 0 Å². The van der Waals surface area contributed by atoms with Gasteiger partial charge in [-0.25, -0.2) is 0 Å². The first-order valence-corrected chi connectivity index (χ1v) is 6.11. The second-order valence-corrected chi connectivity index (χ2v) is 5.09. The molecule has 0 radical (unpaired) electrons. The van der Waals surface area contributed by atoms with Gasteiger partial charge in [0.25, 0.3) is 0 Å². The molecule has 0 aromatic rings. The number of hydrogen-bond donors (Lipinski definition) is 0. The molecule has 0 heterocycles. The van der Waals surface area contributed by atoms with E-state index < -0.39 is 0 Å². The third-order valence-corrected chi connectivity index (χ3v) is 3.08. The summed E-state index contributed by atoms with van der Waals surface area (Å²) < 4.78 is 0. The molecule has 0 N–H and O–H groups in total. The lowest BCUT2D eigenvalue weighted by molar-refractivity contribution is 0.432. The van der Waals surface area contributed by atoms with Crippen LogP contribution in [-0.4, -0.2) is 0 Å². The molecule has 0 unspecified atom stereocenters. The topological polar surface area (TPSA) is 0 Å². The molecule has 1 aliphatic carbocycles. The van der Waals surface area contributed by atoms with E-state index in [1.54, 1.807) is 0 Å². The summed E-state index contributed by atoms with van der Waals surface area (Å²) in [6.45, 7) is 8.99. The first kappa shape index (κ1) is 12.3. The minimum Gasteiger partial charge on any atom is -0.0880 e. The Hall–Kier alpha value is -0.780. The van der Waals surface area contributed by atoms with E-state index in [1.165, 1.54) is 18.4 Å². The number of hydrogen-bond acceptors (Lipinski definition) is 0. The Morgan fingerprint density at radius 2 is 2.13 bits per heavy atom. The van der Waals surface area contributed by atoms with Crippen LogP contribution in [0.2, 0.25) is 0 Å². The van der Waals surface area contributed by atoms with Crippen molar-refractivity contribution < 1.29 is 0 Å². The molecule has 0 heteroatoms. The van der Waals surface area contributed by atoms with Crippen LogP contribution in [0.25, 0.3) is 0 Å². The quantitative estimate of drug-likeness (QED) is 0.580. The predicted molar refractivity (Wildman–Crippen MR) is 68.8 cm³/mol. The highest BCUT2D eigenvalue weighted by Crippen LogP contribution is 2.26. The Morgan fingerprint density at radius 1 is 1.40 bits per heavy atom. The summed E-state index contributed by atoms with van der Waals surface area (Å²) >= 11 is 0. The van der Waals surface area contributed by atoms with Crippen molar-refractivity contribution in [1.29, 1.82) is 0 Å². The van der Waals surface area contributed by atoms with Gasteiger partial charge in [0.05, 0.1) is 0 Å². The van der Waals surface area contributed by atoms with E-state index in [2.05, 4.69) is 58.1 Å². The van der Waals surface area contributed by atoms with Crippen molar-refractivity contribution >= 4 is 0 Å². The Balaban J connectivity index is 2.36. The molecule has 1 aliphatic rings. The van der Waals surface area contributed by atoms with Gasteiger partial charge in [0.1, 0.15) is 0 Å². The van der Waals surface area contributed by atoms with E-state index in [1.807, 2.05) is 0 Å². The molecule has 0 aromatic heterocycles. The SMILES string of the molecule is CC1=CC[C@H]([C@@H](C)C/C=C/C(C)C)C=C1. The highest BCUT2D eigenvalue weighted by atomic mass is 14.2. The second kappa shape index (κ2) is 5.95. The highest BCUT2D eigenvalue weighted by Gasteiger charge is 2.13. The van der Waals surface area contributed by atoms with Crippen LogP contribution >= 0.6 is 0 Å². The van der Waals surface area contributed by atoms with Crippen molar-refractivity contribution in [3.8, 4) is 0 Å². The monoisotopic (exact) mass is 204 g/mol. The van der Waals surface area contributed by atoms with Gasteiger partial charge in [-0.3, -0.25) is 0 Å². The van der Waals surface area contributed by atoms with Crippen molar-refractivity contribution in [2.75, 3.05) is 0 Å². The van der Waals surface area contributed by atoms with Gasteiger partial charge in [-0.2, -0.15) is 0 Å². The summed E-state index contributed by atoms with van der Waals surface area (Å²) in [7, 11) is 0. The largest absolute Gasteiger partial charge is 0.0880 e. The molecule has 0 bridgehead atoms.